The summed E-state index contributed by atoms with van der Waals surface area (Å²) in [5, 5.41) is 8.99. The molecule has 4 heteroatoms. The molecule has 1 aliphatic heterocycles. The number of rotatable bonds is 3. The summed E-state index contributed by atoms with van der Waals surface area (Å²) in [5.74, 6) is 0.702. The van der Waals surface area contributed by atoms with Crippen LogP contribution in [0.25, 0.3) is 0 Å². The number of aryl methyl sites for hydroxylation is 1. The summed E-state index contributed by atoms with van der Waals surface area (Å²) in [4.78, 5) is 14.3. The van der Waals surface area contributed by atoms with E-state index in [0.29, 0.717) is 5.92 Å². The van der Waals surface area contributed by atoms with E-state index in [4.69, 9.17) is 5.11 Å². The zero-order valence-corrected chi connectivity index (χ0v) is 11.0. The topological polar surface area (TPSA) is 45.5 Å². The highest BCUT2D eigenvalue weighted by molar-refractivity contribution is 5.92. The summed E-state index contributed by atoms with van der Waals surface area (Å²) in [6, 6.07) is 3.78. The van der Waals surface area contributed by atoms with E-state index >= 15 is 0 Å². The van der Waals surface area contributed by atoms with Gasteiger partial charge in [-0.25, -0.2) is 0 Å². The van der Waals surface area contributed by atoms with E-state index < -0.39 is 0 Å². The second kappa shape index (κ2) is 6.05. The third-order valence-corrected chi connectivity index (χ3v) is 3.84. The van der Waals surface area contributed by atoms with Gasteiger partial charge in [-0.15, -0.1) is 0 Å². The molecule has 0 bridgehead atoms. The number of nitrogens with zero attached hydrogens (tertiary/aromatic N) is 2. The standard InChI is InChI=1S/C14H22N2O2/c1-15-8-3-5-13(15)14(18)16-9-2-4-12(6-10-16)7-11-17/h3,5,8,12,17H,2,4,6-7,9-11H2,1H3. The van der Waals surface area contributed by atoms with Gasteiger partial charge in [0.15, 0.2) is 0 Å². The molecule has 1 aliphatic rings. The van der Waals surface area contributed by atoms with Crippen LogP contribution in [0.5, 0.6) is 0 Å². The van der Waals surface area contributed by atoms with Crippen LogP contribution in [0.3, 0.4) is 0 Å². The number of hydrogen-bond donors (Lipinski definition) is 1. The van der Waals surface area contributed by atoms with E-state index in [1.807, 2.05) is 34.8 Å². The Labute approximate surface area is 108 Å². The van der Waals surface area contributed by atoms with Crippen molar-refractivity contribution in [3.05, 3.63) is 24.0 Å². The summed E-state index contributed by atoms with van der Waals surface area (Å²) in [6.07, 6.45) is 5.95. The SMILES string of the molecule is Cn1cccc1C(=O)N1CCCC(CCO)CC1. The minimum atomic E-state index is 0.132. The molecule has 1 aromatic heterocycles. The highest BCUT2D eigenvalue weighted by Gasteiger charge is 2.22. The van der Waals surface area contributed by atoms with Crippen molar-refractivity contribution in [3.63, 3.8) is 0 Å². The summed E-state index contributed by atoms with van der Waals surface area (Å²) >= 11 is 0. The molecule has 0 spiro atoms. The van der Waals surface area contributed by atoms with Gasteiger partial charge in [-0.2, -0.15) is 0 Å². The molecule has 4 nitrogen and oxygen atoms in total. The monoisotopic (exact) mass is 250 g/mol. The van der Waals surface area contributed by atoms with E-state index in [9.17, 15) is 4.79 Å². The lowest BCUT2D eigenvalue weighted by Crippen LogP contribution is -2.33. The second-order valence-electron chi connectivity index (χ2n) is 5.11. The average molecular weight is 250 g/mol. The van der Waals surface area contributed by atoms with Crippen LogP contribution in [0.1, 0.15) is 36.2 Å². The number of aliphatic hydroxyl groups excluding tert-OH is 1. The maximum absolute atomic E-state index is 12.4. The fourth-order valence-electron chi connectivity index (χ4n) is 2.69. The van der Waals surface area contributed by atoms with Crippen molar-refractivity contribution in [1.29, 1.82) is 0 Å². The number of carbonyl (C=O) groups is 1. The number of hydrogen-bond acceptors (Lipinski definition) is 2. The number of carbonyl (C=O) groups excluding carboxylic acids is 1. The van der Waals surface area contributed by atoms with Crippen LogP contribution in [0.2, 0.25) is 0 Å². The Morgan fingerprint density at radius 1 is 1.44 bits per heavy atom. The molecule has 0 saturated carbocycles. The Balaban J connectivity index is 1.98. The third-order valence-electron chi connectivity index (χ3n) is 3.84. The first-order valence-electron chi connectivity index (χ1n) is 6.74. The molecule has 1 N–H and O–H groups in total. The van der Waals surface area contributed by atoms with Crippen LogP contribution >= 0.6 is 0 Å². The van der Waals surface area contributed by atoms with Gasteiger partial charge in [0.1, 0.15) is 5.69 Å². The van der Waals surface area contributed by atoms with Crippen molar-refractivity contribution in [2.75, 3.05) is 19.7 Å². The maximum Gasteiger partial charge on any atom is 0.270 e. The number of amides is 1. The molecule has 0 radical (unpaired) electrons. The molecular formula is C14H22N2O2. The largest absolute Gasteiger partial charge is 0.396 e. The molecule has 1 amide bonds. The lowest BCUT2D eigenvalue weighted by molar-refractivity contribution is 0.0750. The first-order chi connectivity index (χ1) is 8.72. The normalized spacial score (nSPS) is 20.8. The Bertz CT molecular complexity index is 400. The van der Waals surface area contributed by atoms with Crippen LogP contribution < -0.4 is 0 Å². The number of aliphatic hydroxyl groups is 1. The zero-order chi connectivity index (χ0) is 13.0. The summed E-state index contributed by atoms with van der Waals surface area (Å²) in [5.41, 5.74) is 0.760. The lowest BCUT2D eigenvalue weighted by Gasteiger charge is -2.20. The molecule has 0 aromatic carbocycles. The average Bonchev–Trinajstić information content (AvgIpc) is 2.64. The van der Waals surface area contributed by atoms with Crippen LogP contribution in [-0.2, 0) is 7.05 Å². The molecule has 1 atom stereocenters. The minimum absolute atomic E-state index is 0.132. The molecule has 1 aromatic rings. The highest BCUT2D eigenvalue weighted by Crippen LogP contribution is 2.21. The van der Waals surface area contributed by atoms with E-state index in [1.54, 1.807) is 0 Å². The third kappa shape index (κ3) is 2.93. The molecule has 2 heterocycles. The predicted molar refractivity (Wildman–Crippen MR) is 70.4 cm³/mol. The first-order valence-corrected chi connectivity index (χ1v) is 6.74. The molecular weight excluding hydrogens is 228 g/mol. The molecule has 1 unspecified atom stereocenters. The van der Waals surface area contributed by atoms with Crippen molar-refractivity contribution in [1.82, 2.24) is 9.47 Å². The van der Waals surface area contributed by atoms with Gasteiger partial charge in [0.2, 0.25) is 0 Å². The Morgan fingerprint density at radius 2 is 2.28 bits per heavy atom. The summed E-state index contributed by atoms with van der Waals surface area (Å²) in [6.45, 7) is 1.91. The van der Waals surface area contributed by atoms with Crippen LogP contribution in [-0.4, -0.2) is 40.2 Å². The van der Waals surface area contributed by atoms with E-state index in [2.05, 4.69) is 0 Å². The van der Waals surface area contributed by atoms with Gasteiger partial charge >= 0.3 is 0 Å². The number of aromatic nitrogens is 1. The van der Waals surface area contributed by atoms with Crippen molar-refractivity contribution >= 4 is 5.91 Å². The lowest BCUT2D eigenvalue weighted by atomic mass is 9.98. The van der Waals surface area contributed by atoms with Crippen LogP contribution in [0.15, 0.2) is 18.3 Å². The smallest absolute Gasteiger partial charge is 0.270 e. The van der Waals surface area contributed by atoms with Crippen molar-refractivity contribution in [3.8, 4) is 0 Å². The maximum atomic E-state index is 12.4. The Morgan fingerprint density at radius 3 is 2.94 bits per heavy atom. The van der Waals surface area contributed by atoms with Gasteiger partial charge in [0.25, 0.3) is 5.91 Å². The van der Waals surface area contributed by atoms with Crippen molar-refractivity contribution < 1.29 is 9.90 Å². The van der Waals surface area contributed by atoms with Gasteiger partial charge < -0.3 is 14.6 Å². The molecule has 2 rings (SSSR count). The molecule has 100 valence electrons. The van der Waals surface area contributed by atoms with Gasteiger partial charge in [-0.1, -0.05) is 0 Å². The molecule has 0 aliphatic carbocycles. The van der Waals surface area contributed by atoms with E-state index in [0.717, 1.165) is 44.5 Å². The molecule has 1 fully saturated rings. The van der Waals surface area contributed by atoms with Crippen LogP contribution in [0, 0.1) is 5.92 Å². The zero-order valence-electron chi connectivity index (χ0n) is 11.0. The summed E-state index contributed by atoms with van der Waals surface area (Å²) in [7, 11) is 1.90. The fraction of sp³-hybridized carbons (Fsp3) is 0.643. The van der Waals surface area contributed by atoms with Gasteiger partial charge in [0, 0.05) is 32.9 Å². The fourth-order valence-corrected chi connectivity index (χ4v) is 2.69. The van der Waals surface area contributed by atoms with Gasteiger partial charge in [-0.05, 0) is 43.7 Å². The van der Waals surface area contributed by atoms with Crippen molar-refractivity contribution in [2.45, 2.75) is 25.7 Å². The van der Waals surface area contributed by atoms with E-state index in [1.165, 1.54) is 0 Å². The van der Waals surface area contributed by atoms with Crippen LogP contribution in [0.4, 0.5) is 0 Å². The van der Waals surface area contributed by atoms with Crippen molar-refractivity contribution in [2.24, 2.45) is 13.0 Å². The van der Waals surface area contributed by atoms with Gasteiger partial charge in [-0.3, -0.25) is 4.79 Å². The molecule has 1 saturated heterocycles. The Kier molecular flexibility index (Phi) is 4.42. The Hall–Kier alpha value is -1.29. The predicted octanol–water partition coefficient (Wildman–Crippen LogP) is 1.65. The van der Waals surface area contributed by atoms with Gasteiger partial charge in [0.05, 0.1) is 0 Å². The highest BCUT2D eigenvalue weighted by atomic mass is 16.3. The van der Waals surface area contributed by atoms with E-state index in [-0.39, 0.29) is 12.5 Å². The summed E-state index contributed by atoms with van der Waals surface area (Å²) < 4.78 is 1.87. The second-order valence-corrected chi connectivity index (χ2v) is 5.11. The first kappa shape index (κ1) is 13.1. The number of likely N-dealkylation sites (tertiary alicyclic amines) is 1. The minimum Gasteiger partial charge on any atom is -0.396 e. The quantitative estimate of drug-likeness (QED) is 0.886. The molecule has 18 heavy (non-hydrogen) atoms.